The van der Waals surface area contributed by atoms with Gasteiger partial charge in [0.05, 0.1) is 0 Å². The van der Waals surface area contributed by atoms with Crippen molar-refractivity contribution in [3.63, 3.8) is 0 Å². The molecular formula is C8H2F13N3S. The van der Waals surface area contributed by atoms with Crippen LogP contribution in [0.4, 0.5) is 57.1 Å². The zero-order chi connectivity index (χ0) is 20.3. The van der Waals surface area contributed by atoms with Gasteiger partial charge in [-0.2, -0.15) is 62.1 Å². The highest BCUT2D eigenvalue weighted by Crippen LogP contribution is 2.61. The Morgan fingerprint density at radius 1 is 0.600 bits per heavy atom. The number of aromatic nitrogens is 3. The van der Waals surface area contributed by atoms with E-state index in [1.165, 1.54) is 5.10 Å². The van der Waals surface area contributed by atoms with Crippen LogP contribution in [-0.2, 0) is 5.92 Å². The van der Waals surface area contributed by atoms with Crippen LogP contribution >= 0.6 is 12.2 Å². The summed E-state index contributed by atoms with van der Waals surface area (Å²) in [6, 6.07) is 0. The van der Waals surface area contributed by atoms with Crippen molar-refractivity contribution >= 4 is 12.2 Å². The molecule has 0 aliphatic heterocycles. The second-order valence-electron chi connectivity index (χ2n) is 4.39. The van der Waals surface area contributed by atoms with Gasteiger partial charge < -0.3 is 0 Å². The maximum absolute atomic E-state index is 13.4. The molecule has 0 spiro atoms. The molecule has 0 atom stereocenters. The first-order valence-electron chi connectivity index (χ1n) is 5.36. The van der Waals surface area contributed by atoms with E-state index in [1.54, 1.807) is 0 Å². The van der Waals surface area contributed by atoms with Crippen LogP contribution in [0.15, 0.2) is 0 Å². The normalized spacial score (nSPS) is 15.6. The first-order valence-corrected chi connectivity index (χ1v) is 5.77. The Hall–Kier alpha value is -1.55. The molecule has 0 aliphatic rings. The molecule has 1 aromatic rings. The van der Waals surface area contributed by atoms with Crippen LogP contribution in [-0.4, -0.2) is 45.0 Å². The minimum atomic E-state index is -7.95. The summed E-state index contributed by atoms with van der Waals surface area (Å²) in [5, 5.41) is 2.38. The number of nitrogens with zero attached hydrogens (tertiary/aromatic N) is 1. The summed E-state index contributed by atoms with van der Waals surface area (Å²) in [6.45, 7) is 0. The van der Waals surface area contributed by atoms with Crippen LogP contribution in [0, 0.1) is 4.77 Å². The van der Waals surface area contributed by atoms with Gasteiger partial charge in [-0.05, 0) is 12.2 Å². The SMILES string of the molecule is FC(F)(F)C(F)(F)C(F)(F)C(F)(F)C(F)(F)C(F)(F)c1nc(=S)[nH][nH]1. The zero-order valence-electron chi connectivity index (χ0n) is 10.8. The molecule has 146 valence electrons. The van der Waals surface area contributed by atoms with Crippen molar-refractivity contribution in [3.8, 4) is 0 Å². The third-order valence-electron chi connectivity index (χ3n) is 2.73. The van der Waals surface area contributed by atoms with Gasteiger partial charge >= 0.3 is 35.8 Å². The highest BCUT2D eigenvalue weighted by atomic mass is 32.1. The van der Waals surface area contributed by atoms with Crippen molar-refractivity contribution in [1.29, 1.82) is 0 Å². The van der Waals surface area contributed by atoms with Crippen molar-refractivity contribution in [1.82, 2.24) is 15.2 Å². The van der Waals surface area contributed by atoms with E-state index in [0.29, 0.717) is 0 Å². The van der Waals surface area contributed by atoms with Crippen LogP contribution in [0.3, 0.4) is 0 Å². The molecule has 0 bridgehead atoms. The average molecular weight is 419 g/mol. The summed E-state index contributed by atoms with van der Waals surface area (Å²) in [7, 11) is 0. The quantitative estimate of drug-likeness (QED) is 0.539. The number of hydrogen-bond acceptors (Lipinski definition) is 2. The number of nitrogens with one attached hydrogen (secondary N) is 2. The zero-order valence-corrected chi connectivity index (χ0v) is 11.6. The largest absolute Gasteiger partial charge is 0.460 e. The van der Waals surface area contributed by atoms with Crippen LogP contribution in [0.25, 0.3) is 0 Å². The van der Waals surface area contributed by atoms with Gasteiger partial charge in [0.2, 0.25) is 10.6 Å². The lowest BCUT2D eigenvalue weighted by molar-refractivity contribution is -0.442. The standard InChI is InChI=1S/C8H2F13N3S/c9-3(10,1-22-2(25)24-23-1)4(11,12)5(13,14)6(15,16)7(17,18)8(19,20)21/h(H2,22,23,24,25). The molecule has 0 fully saturated rings. The maximum atomic E-state index is 13.4. The molecule has 25 heavy (non-hydrogen) atoms. The fourth-order valence-electron chi connectivity index (χ4n) is 1.34. The molecule has 0 unspecified atom stereocenters. The number of hydrogen-bond donors (Lipinski definition) is 2. The Morgan fingerprint density at radius 2 is 1.00 bits per heavy atom. The van der Waals surface area contributed by atoms with Crippen molar-refractivity contribution in [2.45, 2.75) is 35.8 Å². The van der Waals surface area contributed by atoms with Crippen LogP contribution < -0.4 is 0 Å². The summed E-state index contributed by atoms with van der Waals surface area (Å²) >= 11 is 4.02. The molecule has 1 rings (SSSR count). The van der Waals surface area contributed by atoms with E-state index >= 15 is 0 Å². The first-order chi connectivity index (χ1) is 10.7. The summed E-state index contributed by atoms with van der Waals surface area (Å²) < 4.78 is 165. The summed E-state index contributed by atoms with van der Waals surface area (Å²) in [4.78, 5) is 2.34. The van der Waals surface area contributed by atoms with Crippen LogP contribution in [0.5, 0.6) is 0 Å². The third-order valence-corrected chi connectivity index (χ3v) is 2.93. The van der Waals surface area contributed by atoms with E-state index in [4.69, 9.17) is 0 Å². The second-order valence-corrected chi connectivity index (χ2v) is 4.77. The van der Waals surface area contributed by atoms with Gasteiger partial charge in [-0.3, -0.25) is 10.2 Å². The van der Waals surface area contributed by atoms with Gasteiger partial charge in [0.25, 0.3) is 0 Å². The van der Waals surface area contributed by atoms with Crippen LogP contribution in [0.1, 0.15) is 5.82 Å². The lowest BCUT2D eigenvalue weighted by atomic mass is 9.93. The summed E-state index contributed by atoms with van der Waals surface area (Å²) in [5.74, 6) is -39.9. The molecule has 0 saturated heterocycles. The third kappa shape index (κ3) is 2.75. The predicted molar refractivity (Wildman–Crippen MR) is 53.5 cm³/mol. The number of rotatable bonds is 5. The van der Waals surface area contributed by atoms with Crippen molar-refractivity contribution in [3.05, 3.63) is 10.6 Å². The highest BCUT2D eigenvalue weighted by Gasteiger charge is 2.91. The Morgan fingerprint density at radius 3 is 1.32 bits per heavy atom. The van der Waals surface area contributed by atoms with Gasteiger partial charge in [0.15, 0.2) is 0 Å². The predicted octanol–water partition coefficient (Wildman–Crippen LogP) is 4.66. The summed E-state index contributed by atoms with van der Waals surface area (Å²) in [5.41, 5.74) is 0. The first kappa shape index (κ1) is 21.5. The topological polar surface area (TPSA) is 44.5 Å². The van der Waals surface area contributed by atoms with E-state index in [2.05, 4.69) is 17.2 Å². The lowest BCUT2D eigenvalue weighted by Gasteiger charge is -2.39. The number of H-pyrrole nitrogens is 2. The molecule has 0 radical (unpaired) electrons. The molecule has 0 saturated carbocycles. The van der Waals surface area contributed by atoms with E-state index < -0.39 is 46.4 Å². The molecule has 0 amide bonds. The molecule has 2 N–H and O–H groups in total. The average Bonchev–Trinajstić information content (AvgIpc) is 2.83. The Balaban J connectivity index is 3.56. The Bertz CT molecular complexity index is 684. The van der Waals surface area contributed by atoms with Crippen molar-refractivity contribution in [2.24, 2.45) is 0 Å². The minimum Gasteiger partial charge on any atom is -0.280 e. The number of halogens is 13. The summed E-state index contributed by atoms with van der Waals surface area (Å²) in [6.07, 6.45) is -7.45. The van der Waals surface area contributed by atoms with Crippen LogP contribution in [0.2, 0.25) is 0 Å². The van der Waals surface area contributed by atoms with Crippen molar-refractivity contribution < 1.29 is 57.1 Å². The highest BCUT2D eigenvalue weighted by molar-refractivity contribution is 7.71. The fraction of sp³-hybridized carbons (Fsp3) is 0.750. The van der Waals surface area contributed by atoms with E-state index in [-0.39, 0.29) is 0 Å². The number of aromatic amines is 2. The van der Waals surface area contributed by atoms with E-state index in [0.717, 1.165) is 5.10 Å². The van der Waals surface area contributed by atoms with Gasteiger partial charge in [-0.25, -0.2) is 0 Å². The number of alkyl halides is 13. The van der Waals surface area contributed by atoms with Gasteiger partial charge in [-0.15, -0.1) is 0 Å². The van der Waals surface area contributed by atoms with Crippen molar-refractivity contribution in [2.75, 3.05) is 0 Å². The smallest absolute Gasteiger partial charge is 0.280 e. The molecular weight excluding hydrogens is 417 g/mol. The molecule has 0 aliphatic carbocycles. The second kappa shape index (κ2) is 5.47. The van der Waals surface area contributed by atoms with Gasteiger partial charge in [0, 0.05) is 0 Å². The molecule has 17 heteroatoms. The monoisotopic (exact) mass is 419 g/mol. The Labute approximate surface area is 132 Å². The lowest BCUT2D eigenvalue weighted by Crippen LogP contribution is -2.69. The van der Waals surface area contributed by atoms with Gasteiger partial charge in [0.1, 0.15) is 0 Å². The Kier molecular flexibility index (Phi) is 4.70. The molecule has 3 nitrogen and oxygen atoms in total. The van der Waals surface area contributed by atoms with Gasteiger partial charge in [-0.1, -0.05) is 0 Å². The molecule has 1 aromatic heterocycles. The maximum Gasteiger partial charge on any atom is 0.460 e. The van der Waals surface area contributed by atoms with E-state index in [9.17, 15) is 57.1 Å². The minimum absolute atomic E-state index is 0.986. The fourth-order valence-corrected chi connectivity index (χ4v) is 1.48. The molecule has 1 heterocycles. The molecule has 0 aromatic carbocycles. The van der Waals surface area contributed by atoms with E-state index in [1.807, 2.05) is 0 Å².